The fraction of sp³-hybridized carbons (Fsp3) is 0.200. The first-order valence-corrected chi connectivity index (χ1v) is 11.1. The second kappa shape index (κ2) is 6.26. The van der Waals surface area contributed by atoms with E-state index in [9.17, 15) is 0 Å². The molecule has 0 spiro atoms. The lowest BCUT2D eigenvalue weighted by Crippen LogP contribution is -1.66. The standard InChI is InChI=1S/C20H18S4/c1-11-9-17(23-19(11)15-7-5-13(3)21-15)18-10-12(2)20(24-18)16-8-6-14(4)22-16/h5-10H,1-4H3. The van der Waals surface area contributed by atoms with E-state index >= 15 is 0 Å². The summed E-state index contributed by atoms with van der Waals surface area (Å²) in [5.74, 6) is 0. The Kier molecular flexibility index (Phi) is 4.25. The van der Waals surface area contributed by atoms with E-state index in [0.717, 1.165) is 0 Å². The van der Waals surface area contributed by atoms with Gasteiger partial charge in [-0.15, -0.1) is 45.3 Å². The van der Waals surface area contributed by atoms with Crippen LogP contribution in [0, 0.1) is 27.7 Å². The molecule has 0 unspecified atom stereocenters. The molecule has 0 atom stereocenters. The highest BCUT2D eigenvalue weighted by atomic mass is 32.1. The fourth-order valence-corrected chi connectivity index (χ4v) is 7.31. The highest BCUT2D eigenvalue weighted by molar-refractivity contribution is 7.28. The maximum Gasteiger partial charge on any atom is 0.0478 e. The zero-order valence-corrected chi connectivity index (χ0v) is 17.4. The van der Waals surface area contributed by atoms with Crippen LogP contribution >= 0.6 is 45.3 Å². The molecular formula is C20H18S4. The van der Waals surface area contributed by atoms with Crippen LogP contribution in [-0.2, 0) is 0 Å². The molecule has 4 heterocycles. The van der Waals surface area contributed by atoms with Crippen LogP contribution in [0.5, 0.6) is 0 Å². The van der Waals surface area contributed by atoms with E-state index in [0.29, 0.717) is 0 Å². The van der Waals surface area contributed by atoms with Crippen molar-refractivity contribution < 1.29 is 0 Å². The van der Waals surface area contributed by atoms with Gasteiger partial charge in [-0.2, -0.15) is 0 Å². The molecule has 0 nitrogen and oxygen atoms in total. The van der Waals surface area contributed by atoms with Crippen molar-refractivity contribution in [3.05, 3.63) is 57.3 Å². The summed E-state index contributed by atoms with van der Waals surface area (Å²) in [5, 5.41) is 0. The lowest BCUT2D eigenvalue weighted by atomic mass is 10.2. The third kappa shape index (κ3) is 2.93. The summed E-state index contributed by atoms with van der Waals surface area (Å²) >= 11 is 7.63. The lowest BCUT2D eigenvalue weighted by Gasteiger charge is -1.93. The van der Waals surface area contributed by atoms with Crippen LogP contribution in [-0.4, -0.2) is 0 Å². The Morgan fingerprint density at radius 1 is 0.500 bits per heavy atom. The minimum absolute atomic E-state index is 1.38. The number of thiophene rings is 4. The molecular weight excluding hydrogens is 368 g/mol. The first-order chi connectivity index (χ1) is 11.5. The molecule has 0 radical (unpaired) electrons. The summed E-state index contributed by atoms with van der Waals surface area (Å²) in [6.07, 6.45) is 0. The van der Waals surface area contributed by atoms with Gasteiger partial charge in [0.15, 0.2) is 0 Å². The SMILES string of the molecule is Cc1ccc(-c2sc(-c3cc(C)c(-c4ccc(C)s4)s3)cc2C)s1. The Balaban J connectivity index is 1.75. The molecule has 0 amide bonds. The van der Waals surface area contributed by atoms with Gasteiger partial charge in [-0.3, -0.25) is 0 Å². The third-order valence-electron chi connectivity index (χ3n) is 4.01. The largest absolute Gasteiger partial charge is 0.140 e. The van der Waals surface area contributed by atoms with E-state index < -0.39 is 0 Å². The quantitative estimate of drug-likeness (QED) is 0.333. The topological polar surface area (TPSA) is 0 Å². The molecule has 0 fully saturated rings. The molecule has 0 bridgehead atoms. The maximum absolute atomic E-state index is 2.35. The predicted molar refractivity (Wildman–Crippen MR) is 113 cm³/mol. The third-order valence-corrected chi connectivity index (χ3v) is 9.04. The van der Waals surface area contributed by atoms with Gasteiger partial charge in [0, 0.05) is 39.0 Å². The van der Waals surface area contributed by atoms with Gasteiger partial charge in [-0.1, -0.05) is 0 Å². The molecule has 0 N–H and O–H groups in total. The average Bonchev–Trinajstić information content (AvgIpc) is 3.27. The van der Waals surface area contributed by atoms with Crippen molar-refractivity contribution >= 4 is 45.3 Å². The molecule has 122 valence electrons. The molecule has 0 aliphatic rings. The van der Waals surface area contributed by atoms with E-state index in [1.807, 2.05) is 45.3 Å². The van der Waals surface area contributed by atoms with Crippen LogP contribution in [0.25, 0.3) is 29.3 Å². The van der Waals surface area contributed by atoms with Gasteiger partial charge in [0.2, 0.25) is 0 Å². The second-order valence-corrected chi connectivity index (χ2v) is 10.7. The summed E-state index contributed by atoms with van der Waals surface area (Å²) in [6.45, 7) is 8.81. The molecule has 0 saturated carbocycles. The van der Waals surface area contributed by atoms with Crippen LogP contribution in [0.15, 0.2) is 36.4 Å². The molecule has 4 heteroatoms. The van der Waals surface area contributed by atoms with Gasteiger partial charge in [0.25, 0.3) is 0 Å². The second-order valence-electron chi connectivity index (χ2n) is 6.07. The molecule has 4 aromatic rings. The Morgan fingerprint density at radius 2 is 0.917 bits per heavy atom. The van der Waals surface area contributed by atoms with Crippen molar-refractivity contribution in [2.75, 3.05) is 0 Å². The highest BCUT2D eigenvalue weighted by Crippen LogP contribution is 2.45. The van der Waals surface area contributed by atoms with Crippen molar-refractivity contribution in [3.8, 4) is 29.3 Å². The monoisotopic (exact) mass is 386 g/mol. The molecule has 0 aliphatic heterocycles. The Hall–Kier alpha value is -1.20. The summed E-state index contributed by atoms with van der Waals surface area (Å²) < 4.78 is 0. The average molecular weight is 387 g/mol. The lowest BCUT2D eigenvalue weighted by molar-refractivity contribution is 1.54. The number of hydrogen-bond acceptors (Lipinski definition) is 4. The van der Waals surface area contributed by atoms with Crippen molar-refractivity contribution in [3.63, 3.8) is 0 Å². The zero-order chi connectivity index (χ0) is 16.8. The minimum Gasteiger partial charge on any atom is -0.140 e. The summed E-state index contributed by atoms with van der Waals surface area (Å²) in [6, 6.07) is 13.6. The van der Waals surface area contributed by atoms with Crippen LogP contribution in [0.2, 0.25) is 0 Å². The molecule has 4 rings (SSSR count). The molecule has 0 aliphatic carbocycles. The summed E-state index contributed by atoms with van der Waals surface area (Å²) in [4.78, 5) is 11.2. The Morgan fingerprint density at radius 3 is 1.25 bits per heavy atom. The molecule has 0 aromatic carbocycles. The first kappa shape index (κ1) is 16.3. The van der Waals surface area contributed by atoms with Crippen LogP contribution in [0.3, 0.4) is 0 Å². The van der Waals surface area contributed by atoms with Gasteiger partial charge in [0.05, 0.1) is 0 Å². The van der Waals surface area contributed by atoms with Gasteiger partial charge in [0.1, 0.15) is 0 Å². The van der Waals surface area contributed by atoms with Crippen LogP contribution in [0.4, 0.5) is 0 Å². The molecule has 4 aromatic heterocycles. The summed E-state index contributed by atoms with van der Waals surface area (Å²) in [5.41, 5.74) is 2.77. The van der Waals surface area contributed by atoms with Gasteiger partial charge < -0.3 is 0 Å². The zero-order valence-electron chi connectivity index (χ0n) is 14.1. The predicted octanol–water partition coefficient (Wildman–Crippen LogP) is 8.17. The first-order valence-electron chi connectivity index (χ1n) is 7.86. The van der Waals surface area contributed by atoms with Gasteiger partial charge in [-0.05, 0) is 75.2 Å². The van der Waals surface area contributed by atoms with Crippen molar-refractivity contribution in [2.24, 2.45) is 0 Å². The summed E-state index contributed by atoms with van der Waals surface area (Å²) in [7, 11) is 0. The van der Waals surface area contributed by atoms with E-state index in [1.54, 1.807) is 0 Å². The van der Waals surface area contributed by atoms with Crippen molar-refractivity contribution in [1.29, 1.82) is 0 Å². The van der Waals surface area contributed by atoms with E-state index in [2.05, 4.69) is 64.1 Å². The highest BCUT2D eigenvalue weighted by Gasteiger charge is 2.15. The number of rotatable bonds is 3. The van der Waals surface area contributed by atoms with Crippen molar-refractivity contribution in [1.82, 2.24) is 0 Å². The van der Waals surface area contributed by atoms with Gasteiger partial charge >= 0.3 is 0 Å². The number of aryl methyl sites for hydroxylation is 4. The van der Waals surface area contributed by atoms with Crippen LogP contribution < -0.4 is 0 Å². The van der Waals surface area contributed by atoms with E-state index in [-0.39, 0.29) is 0 Å². The molecule has 0 saturated heterocycles. The van der Waals surface area contributed by atoms with Crippen LogP contribution in [0.1, 0.15) is 20.9 Å². The van der Waals surface area contributed by atoms with Crippen molar-refractivity contribution in [2.45, 2.75) is 27.7 Å². The fourth-order valence-electron chi connectivity index (χ4n) is 2.81. The normalized spacial score (nSPS) is 11.3. The Labute approximate surface area is 159 Å². The van der Waals surface area contributed by atoms with E-state index in [4.69, 9.17) is 0 Å². The molecule has 24 heavy (non-hydrogen) atoms. The van der Waals surface area contributed by atoms with Gasteiger partial charge in [-0.25, -0.2) is 0 Å². The Bertz CT molecular complexity index is 924. The maximum atomic E-state index is 2.35. The number of hydrogen-bond donors (Lipinski definition) is 0. The van der Waals surface area contributed by atoms with E-state index in [1.165, 1.54) is 50.1 Å². The smallest absolute Gasteiger partial charge is 0.0478 e. The minimum atomic E-state index is 1.38.